The highest BCUT2D eigenvalue weighted by molar-refractivity contribution is 5.29. The number of ether oxygens (including phenoxy) is 1. The SMILES string of the molecule is Fc1cccc(F)c1Oc1ccncn1. The van der Waals surface area contributed by atoms with E-state index in [0.29, 0.717) is 0 Å². The van der Waals surface area contributed by atoms with Gasteiger partial charge < -0.3 is 4.74 Å². The summed E-state index contributed by atoms with van der Waals surface area (Å²) < 4.78 is 31.2. The fourth-order valence-corrected chi connectivity index (χ4v) is 1.02. The Balaban J connectivity index is 2.32. The maximum Gasteiger partial charge on any atom is 0.222 e. The normalized spacial score (nSPS) is 10.0. The largest absolute Gasteiger partial charge is 0.433 e. The molecule has 0 radical (unpaired) electrons. The Morgan fingerprint density at radius 2 is 1.80 bits per heavy atom. The average molecular weight is 208 g/mol. The molecule has 0 aliphatic heterocycles. The smallest absolute Gasteiger partial charge is 0.222 e. The van der Waals surface area contributed by atoms with E-state index < -0.39 is 17.4 Å². The number of para-hydroxylation sites is 1. The number of hydrogen-bond acceptors (Lipinski definition) is 3. The number of benzene rings is 1. The van der Waals surface area contributed by atoms with Gasteiger partial charge in [0.1, 0.15) is 6.33 Å². The van der Waals surface area contributed by atoms with Crippen molar-refractivity contribution < 1.29 is 13.5 Å². The minimum absolute atomic E-state index is 0.0917. The molecule has 0 spiro atoms. The van der Waals surface area contributed by atoms with Gasteiger partial charge in [-0.3, -0.25) is 0 Å². The molecular weight excluding hydrogens is 202 g/mol. The Kier molecular flexibility index (Phi) is 2.53. The van der Waals surface area contributed by atoms with Crippen LogP contribution in [0.4, 0.5) is 8.78 Å². The van der Waals surface area contributed by atoms with E-state index in [9.17, 15) is 8.78 Å². The maximum atomic E-state index is 13.1. The van der Waals surface area contributed by atoms with Gasteiger partial charge in [-0.05, 0) is 12.1 Å². The van der Waals surface area contributed by atoms with Crippen LogP contribution in [0.2, 0.25) is 0 Å². The Bertz CT molecular complexity index is 442. The molecule has 0 aliphatic carbocycles. The molecule has 2 rings (SSSR count). The topological polar surface area (TPSA) is 35.0 Å². The van der Waals surface area contributed by atoms with E-state index in [0.717, 1.165) is 12.1 Å². The van der Waals surface area contributed by atoms with E-state index in [4.69, 9.17) is 4.74 Å². The van der Waals surface area contributed by atoms with Crippen molar-refractivity contribution in [3.05, 3.63) is 48.4 Å². The maximum absolute atomic E-state index is 13.1. The van der Waals surface area contributed by atoms with Crippen molar-refractivity contribution >= 4 is 0 Å². The van der Waals surface area contributed by atoms with Crippen LogP contribution in [0.5, 0.6) is 11.6 Å². The van der Waals surface area contributed by atoms with Gasteiger partial charge in [-0.1, -0.05) is 6.07 Å². The molecule has 1 heterocycles. The molecule has 0 saturated carbocycles. The van der Waals surface area contributed by atoms with E-state index in [1.807, 2.05) is 0 Å². The highest BCUT2D eigenvalue weighted by atomic mass is 19.1. The highest BCUT2D eigenvalue weighted by Crippen LogP contribution is 2.25. The lowest BCUT2D eigenvalue weighted by Crippen LogP contribution is -1.93. The summed E-state index contributed by atoms with van der Waals surface area (Å²) in [4.78, 5) is 7.34. The summed E-state index contributed by atoms with van der Waals surface area (Å²) in [6, 6.07) is 4.89. The lowest BCUT2D eigenvalue weighted by molar-refractivity contribution is 0.395. The van der Waals surface area contributed by atoms with E-state index in [1.54, 1.807) is 0 Å². The monoisotopic (exact) mass is 208 g/mol. The Morgan fingerprint density at radius 3 is 2.40 bits per heavy atom. The van der Waals surface area contributed by atoms with E-state index in [-0.39, 0.29) is 5.88 Å². The lowest BCUT2D eigenvalue weighted by atomic mass is 10.3. The van der Waals surface area contributed by atoms with Crippen molar-refractivity contribution in [1.29, 1.82) is 0 Å². The Morgan fingerprint density at radius 1 is 1.07 bits per heavy atom. The molecule has 1 aromatic heterocycles. The zero-order valence-corrected chi connectivity index (χ0v) is 7.52. The third-order valence-electron chi connectivity index (χ3n) is 1.68. The summed E-state index contributed by atoms with van der Waals surface area (Å²) in [5.41, 5.74) is 0. The minimum atomic E-state index is -0.770. The predicted octanol–water partition coefficient (Wildman–Crippen LogP) is 2.55. The molecule has 0 bridgehead atoms. The van der Waals surface area contributed by atoms with Crippen molar-refractivity contribution in [2.45, 2.75) is 0 Å². The third kappa shape index (κ3) is 2.07. The lowest BCUT2D eigenvalue weighted by Gasteiger charge is -2.05. The van der Waals surface area contributed by atoms with Gasteiger partial charge in [-0.2, -0.15) is 0 Å². The van der Waals surface area contributed by atoms with Crippen LogP contribution in [0.3, 0.4) is 0 Å². The summed E-state index contributed by atoms with van der Waals surface area (Å²) in [5, 5.41) is 0. The van der Waals surface area contributed by atoms with Gasteiger partial charge in [0, 0.05) is 12.3 Å². The van der Waals surface area contributed by atoms with Crippen LogP contribution in [-0.4, -0.2) is 9.97 Å². The molecule has 2 aromatic rings. The number of aromatic nitrogens is 2. The summed E-state index contributed by atoms with van der Waals surface area (Å²) >= 11 is 0. The molecule has 5 heteroatoms. The number of hydrogen-bond donors (Lipinski definition) is 0. The number of nitrogens with zero attached hydrogens (tertiary/aromatic N) is 2. The summed E-state index contributed by atoms with van der Waals surface area (Å²) in [6.07, 6.45) is 2.65. The van der Waals surface area contributed by atoms with Gasteiger partial charge >= 0.3 is 0 Å². The van der Waals surface area contributed by atoms with Gasteiger partial charge in [0.2, 0.25) is 11.6 Å². The first-order chi connectivity index (χ1) is 7.27. The molecule has 0 saturated heterocycles. The van der Waals surface area contributed by atoms with Gasteiger partial charge in [-0.25, -0.2) is 18.7 Å². The van der Waals surface area contributed by atoms with E-state index >= 15 is 0 Å². The Hall–Kier alpha value is -2.04. The molecule has 1 aromatic carbocycles. The fraction of sp³-hybridized carbons (Fsp3) is 0. The fourth-order valence-electron chi connectivity index (χ4n) is 1.02. The molecule has 0 amide bonds. The van der Waals surface area contributed by atoms with Crippen molar-refractivity contribution in [3.8, 4) is 11.6 Å². The third-order valence-corrected chi connectivity index (χ3v) is 1.68. The van der Waals surface area contributed by atoms with E-state index in [1.165, 1.54) is 24.7 Å². The van der Waals surface area contributed by atoms with Crippen LogP contribution in [0.1, 0.15) is 0 Å². The zero-order chi connectivity index (χ0) is 10.7. The van der Waals surface area contributed by atoms with Crippen LogP contribution in [0, 0.1) is 11.6 Å². The quantitative estimate of drug-likeness (QED) is 0.760. The van der Waals surface area contributed by atoms with Gasteiger partial charge in [0.25, 0.3) is 0 Å². The van der Waals surface area contributed by atoms with Crippen molar-refractivity contribution in [2.24, 2.45) is 0 Å². The van der Waals surface area contributed by atoms with Crippen molar-refractivity contribution in [2.75, 3.05) is 0 Å². The molecule has 0 N–H and O–H groups in total. The molecule has 0 unspecified atom stereocenters. The van der Waals surface area contributed by atoms with Gasteiger partial charge in [-0.15, -0.1) is 0 Å². The first-order valence-corrected chi connectivity index (χ1v) is 4.15. The van der Waals surface area contributed by atoms with Gasteiger partial charge in [0.05, 0.1) is 0 Å². The van der Waals surface area contributed by atoms with E-state index in [2.05, 4.69) is 9.97 Å². The van der Waals surface area contributed by atoms with Gasteiger partial charge in [0.15, 0.2) is 11.6 Å². The minimum Gasteiger partial charge on any atom is -0.433 e. The standard InChI is InChI=1S/C10H6F2N2O/c11-7-2-1-3-8(12)10(7)15-9-4-5-13-6-14-9/h1-6H. The molecule has 76 valence electrons. The van der Waals surface area contributed by atoms with Crippen LogP contribution < -0.4 is 4.74 Å². The molecule has 3 nitrogen and oxygen atoms in total. The number of halogens is 2. The van der Waals surface area contributed by atoms with Crippen LogP contribution in [-0.2, 0) is 0 Å². The summed E-state index contributed by atoms with van der Waals surface area (Å²) in [5.74, 6) is -1.91. The summed E-state index contributed by atoms with van der Waals surface area (Å²) in [6.45, 7) is 0. The number of rotatable bonds is 2. The Labute approximate surface area is 84.4 Å². The summed E-state index contributed by atoms with van der Waals surface area (Å²) in [7, 11) is 0. The molecule has 0 atom stereocenters. The van der Waals surface area contributed by atoms with Crippen LogP contribution >= 0.6 is 0 Å². The first kappa shape index (κ1) is 9.51. The van der Waals surface area contributed by atoms with Crippen LogP contribution in [0.15, 0.2) is 36.8 Å². The molecule has 0 fully saturated rings. The second-order valence-corrected chi connectivity index (χ2v) is 2.70. The average Bonchev–Trinajstić information content (AvgIpc) is 2.25. The van der Waals surface area contributed by atoms with Crippen molar-refractivity contribution in [1.82, 2.24) is 9.97 Å². The predicted molar refractivity (Wildman–Crippen MR) is 48.5 cm³/mol. The zero-order valence-electron chi connectivity index (χ0n) is 7.52. The molecular formula is C10H6F2N2O. The molecule has 0 aliphatic rings. The first-order valence-electron chi connectivity index (χ1n) is 4.15. The van der Waals surface area contributed by atoms with Crippen LogP contribution in [0.25, 0.3) is 0 Å². The second kappa shape index (κ2) is 4.00. The second-order valence-electron chi connectivity index (χ2n) is 2.70. The van der Waals surface area contributed by atoms with Crippen molar-refractivity contribution in [3.63, 3.8) is 0 Å². The molecule has 15 heavy (non-hydrogen) atoms. The highest BCUT2D eigenvalue weighted by Gasteiger charge is 2.10.